The lowest BCUT2D eigenvalue weighted by molar-refractivity contribution is -0.144. The highest BCUT2D eigenvalue weighted by Crippen LogP contribution is 2.13. The average Bonchev–Trinajstić information content (AvgIpc) is 2.50. The normalized spacial score (nSPS) is 9.50. The lowest BCUT2D eigenvalue weighted by atomic mass is 10.2. The van der Waals surface area contributed by atoms with E-state index in [2.05, 4.69) is 9.47 Å². The van der Waals surface area contributed by atoms with E-state index in [4.69, 9.17) is 9.47 Å². The van der Waals surface area contributed by atoms with Crippen molar-refractivity contribution in [2.45, 2.75) is 0 Å². The van der Waals surface area contributed by atoms with Crippen molar-refractivity contribution >= 4 is 17.9 Å². The molecule has 0 bridgehead atoms. The zero-order valence-electron chi connectivity index (χ0n) is 11.1. The van der Waals surface area contributed by atoms with Gasteiger partial charge in [-0.2, -0.15) is 0 Å². The molecule has 1 aromatic carbocycles. The maximum Gasteiger partial charge on any atom is 0.344 e. The lowest BCUT2D eigenvalue weighted by Crippen LogP contribution is -2.15. The summed E-state index contributed by atoms with van der Waals surface area (Å²) in [6.07, 6.45) is 0. The molecule has 108 valence electrons. The van der Waals surface area contributed by atoms with Crippen LogP contribution >= 0.6 is 0 Å². The van der Waals surface area contributed by atoms with E-state index in [1.807, 2.05) is 0 Å². The molecule has 0 N–H and O–H groups in total. The zero-order valence-corrected chi connectivity index (χ0v) is 11.1. The molecule has 0 aliphatic heterocycles. The Bertz CT molecular complexity index is 478. The van der Waals surface area contributed by atoms with Crippen LogP contribution in [0.3, 0.4) is 0 Å². The summed E-state index contributed by atoms with van der Waals surface area (Å²) in [5, 5.41) is 0. The first-order valence-corrected chi connectivity index (χ1v) is 5.60. The van der Waals surface area contributed by atoms with Gasteiger partial charge in [-0.05, 0) is 24.3 Å². The van der Waals surface area contributed by atoms with Gasteiger partial charge in [-0.25, -0.2) is 14.4 Å². The summed E-state index contributed by atoms with van der Waals surface area (Å²) in [5.41, 5.74) is 0.249. The van der Waals surface area contributed by atoms with Crippen molar-refractivity contribution in [3.8, 4) is 5.75 Å². The van der Waals surface area contributed by atoms with Crippen LogP contribution in [-0.4, -0.2) is 45.3 Å². The highest BCUT2D eigenvalue weighted by Gasteiger charge is 2.10. The molecule has 0 atom stereocenters. The van der Waals surface area contributed by atoms with Gasteiger partial charge in [0.2, 0.25) is 0 Å². The van der Waals surface area contributed by atoms with Gasteiger partial charge in [0.1, 0.15) is 5.75 Å². The highest BCUT2D eigenvalue weighted by molar-refractivity contribution is 5.90. The molecule has 0 aromatic heterocycles. The summed E-state index contributed by atoms with van der Waals surface area (Å²) in [7, 11) is 2.45. The van der Waals surface area contributed by atoms with Crippen molar-refractivity contribution in [3.05, 3.63) is 29.8 Å². The molecule has 7 nitrogen and oxygen atoms in total. The molecule has 0 aliphatic rings. The van der Waals surface area contributed by atoms with Crippen molar-refractivity contribution in [3.63, 3.8) is 0 Å². The maximum absolute atomic E-state index is 11.5. The Morgan fingerprint density at radius 1 is 0.900 bits per heavy atom. The van der Waals surface area contributed by atoms with Crippen molar-refractivity contribution in [2.75, 3.05) is 27.4 Å². The number of methoxy groups -OCH3 is 2. The van der Waals surface area contributed by atoms with E-state index in [1.54, 1.807) is 0 Å². The van der Waals surface area contributed by atoms with E-state index < -0.39 is 24.5 Å². The first-order valence-electron chi connectivity index (χ1n) is 5.60. The smallest absolute Gasteiger partial charge is 0.344 e. The summed E-state index contributed by atoms with van der Waals surface area (Å²) in [6.45, 7) is -0.668. The third kappa shape index (κ3) is 4.97. The van der Waals surface area contributed by atoms with Crippen LogP contribution in [0.2, 0.25) is 0 Å². The number of hydrogen-bond donors (Lipinski definition) is 0. The van der Waals surface area contributed by atoms with E-state index in [1.165, 1.54) is 38.5 Å². The van der Waals surface area contributed by atoms with Crippen molar-refractivity contribution < 1.29 is 33.3 Å². The SMILES string of the molecule is COC(=O)COC(=O)c1ccc(OCC(=O)OC)cc1. The number of ether oxygens (including phenoxy) is 4. The van der Waals surface area contributed by atoms with Gasteiger partial charge in [0, 0.05) is 0 Å². The number of benzene rings is 1. The summed E-state index contributed by atoms with van der Waals surface area (Å²) in [5.74, 6) is -1.40. The second kappa shape index (κ2) is 7.78. The predicted molar refractivity (Wildman–Crippen MR) is 66.3 cm³/mol. The Labute approximate surface area is 115 Å². The first kappa shape index (κ1) is 15.5. The molecule has 7 heteroatoms. The van der Waals surface area contributed by atoms with Gasteiger partial charge in [-0.3, -0.25) is 0 Å². The van der Waals surface area contributed by atoms with Crippen LogP contribution in [0.25, 0.3) is 0 Å². The van der Waals surface area contributed by atoms with Gasteiger partial charge >= 0.3 is 17.9 Å². The van der Waals surface area contributed by atoms with Crippen LogP contribution in [0.1, 0.15) is 10.4 Å². The molecule has 0 saturated carbocycles. The molecule has 20 heavy (non-hydrogen) atoms. The number of carbonyl (C=O) groups excluding carboxylic acids is 3. The molecule has 0 unspecified atom stereocenters. The molecule has 0 saturated heterocycles. The van der Waals surface area contributed by atoms with E-state index in [-0.39, 0.29) is 12.2 Å². The molecule has 0 fully saturated rings. The largest absolute Gasteiger partial charge is 0.482 e. The maximum atomic E-state index is 11.5. The number of carbonyl (C=O) groups is 3. The summed E-state index contributed by atoms with van der Waals surface area (Å²) >= 11 is 0. The Balaban J connectivity index is 2.51. The molecule has 0 heterocycles. The third-order valence-electron chi connectivity index (χ3n) is 2.22. The summed E-state index contributed by atoms with van der Waals surface area (Å²) in [4.78, 5) is 33.2. The van der Waals surface area contributed by atoms with Gasteiger partial charge in [-0.15, -0.1) is 0 Å². The molecule has 0 spiro atoms. The fourth-order valence-electron chi connectivity index (χ4n) is 1.16. The Kier molecular flexibility index (Phi) is 6.02. The standard InChI is InChI=1S/C13H14O7/c1-17-11(14)7-19-10-5-3-9(4-6-10)13(16)20-8-12(15)18-2/h3-6H,7-8H2,1-2H3. The molecular weight excluding hydrogens is 268 g/mol. The zero-order chi connectivity index (χ0) is 15.0. The topological polar surface area (TPSA) is 88.1 Å². The van der Waals surface area contributed by atoms with Crippen LogP contribution in [-0.2, 0) is 23.8 Å². The molecule has 0 radical (unpaired) electrons. The number of rotatable bonds is 6. The third-order valence-corrected chi connectivity index (χ3v) is 2.22. The van der Waals surface area contributed by atoms with Crippen molar-refractivity contribution in [1.29, 1.82) is 0 Å². The van der Waals surface area contributed by atoms with Gasteiger partial charge in [0.15, 0.2) is 13.2 Å². The van der Waals surface area contributed by atoms with Crippen LogP contribution < -0.4 is 4.74 Å². The second-order valence-corrected chi connectivity index (χ2v) is 3.54. The molecule has 0 aliphatic carbocycles. The second-order valence-electron chi connectivity index (χ2n) is 3.54. The number of hydrogen-bond acceptors (Lipinski definition) is 7. The minimum atomic E-state index is -0.657. The predicted octanol–water partition coefficient (Wildman–Crippen LogP) is 0.568. The van der Waals surface area contributed by atoms with Crippen LogP contribution in [0.5, 0.6) is 5.75 Å². The van der Waals surface area contributed by atoms with E-state index >= 15 is 0 Å². The summed E-state index contributed by atoms with van der Waals surface area (Å²) < 4.78 is 18.6. The minimum Gasteiger partial charge on any atom is -0.482 e. The fourth-order valence-corrected chi connectivity index (χ4v) is 1.16. The molecular formula is C13H14O7. The first-order chi connectivity index (χ1) is 9.56. The molecule has 0 amide bonds. The van der Waals surface area contributed by atoms with Gasteiger partial charge in [0.05, 0.1) is 19.8 Å². The molecule has 1 aromatic rings. The van der Waals surface area contributed by atoms with Gasteiger partial charge in [-0.1, -0.05) is 0 Å². The van der Waals surface area contributed by atoms with E-state index in [0.29, 0.717) is 5.75 Å². The molecule has 1 rings (SSSR count). The summed E-state index contributed by atoms with van der Waals surface area (Å²) in [6, 6.07) is 5.90. The Hall–Kier alpha value is -2.57. The van der Waals surface area contributed by atoms with Crippen LogP contribution in [0.4, 0.5) is 0 Å². The van der Waals surface area contributed by atoms with Crippen molar-refractivity contribution in [2.24, 2.45) is 0 Å². The average molecular weight is 282 g/mol. The van der Waals surface area contributed by atoms with Gasteiger partial charge < -0.3 is 18.9 Å². The van der Waals surface area contributed by atoms with Gasteiger partial charge in [0.25, 0.3) is 0 Å². The number of esters is 3. The quantitative estimate of drug-likeness (QED) is 0.556. The Morgan fingerprint density at radius 3 is 2.00 bits per heavy atom. The van der Waals surface area contributed by atoms with Crippen molar-refractivity contribution in [1.82, 2.24) is 0 Å². The fraction of sp³-hybridized carbons (Fsp3) is 0.308. The minimum absolute atomic E-state index is 0.220. The van der Waals surface area contributed by atoms with E-state index in [9.17, 15) is 14.4 Å². The van der Waals surface area contributed by atoms with Crippen LogP contribution in [0.15, 0.2) is 24.3 Å². The Morgan fingerprint density at radius 2 is 1.45 bits per heavy atom. The van der Waals surface area contributed by atoms with Crippen LogP contribution in [0, 0.1) is 0 Å². The highest BCUT2D eigenvalue weighted by atomic mass is 16.6. The lowest BCUT2D eigenvalue weighted by Gasteiger charge is -2.06. The monoisotopic (exact) mass is 282 g/mol. The van der Waals surface area contributed by atoms with E-state index in [0.717, 1.165) is 0 Å².